The highest BCUT2D eigenvalue weighted by atomic mass is 16.3. The van der Waals surface area contributed by atoms with Crippen molar-refractivity contribution in [2.75, 3.05) is 6.54 Å². The summed E-state index contributed by atoms with van der Waals surface area (Å²) in [5.74, 6) is 1.07. The van der Waals surface area contributed by atoms with Crippen LogP contribution in [0.15, 0.2) is 28.4 Å². The Bertz CT molecular complexity index is 351. The van der Waals surface area contributed by atoms with E-state index in [2.05, 4.69) is 18.3 Å². The Kier molecular flexibility index (Phi) is 4.23. The first kappa shape index (κ1) is 11.5. The van der Waals surface area contributed by atoms with E-state index in [0.29, 0.717) is 0 Å². The van der Waals surface area contributed by atoms with Gasteiger partial charge in [-0.25, -0.2) is 0 Å². The molecular weight excluding hydrogens is 198 g/mol. The van der Waals surface area contributed by atoms with Crippen LogP contribution in [0, 0.1) is 6.92 Å². The van der Waals surface area contributed by atoms with Crippen molar-refractivity contribution in [2.45, 2.75) is 45.6 Å². The lowest BCUT2D eigenvalue weighted by molar-refractivity contribution is 0.480. The van der Waals surface area contributed by atoms with Crippen LogP contribution < -0.4 is 5.32 Å². The molecule has 1 aliphatic rings. The Morgan fingerprint density at radius 2 is 2.31 bits per heavy atom. The van der Waals surface area contributed by atoms with Gasteiger partial charge in [0.1, 0.15) is 5.76 Å². The molecule has 1 aliphatic carbocycles. The zero-order chi connectivity index (χ0) is 11.2. The number of aryl methyl sites for hydroxylation is 1. The van der Waals surface area contributed by atoms with Crippen molar-refractivity contribution in [3.63, 3.8) is 0 Å². The lowest BCUT2D eigenvalue weighted by Crippen LogP contribution is -2.15. The molecule has 0 radical (unpaired) electrons. The molecule has 0 spiro atoms. The summed E-state index contributed by atoms with van der Waals surface area (Å²) in [6.45, 7) is 4.00. The van der Waals surface area contributed by atoms with Gasteiger partial charge in [0.15, 0.2) is 0 Å². The zero-order valence-electron chi connectivity index (χ0n) is 10.1. The molecule has 2 rings (SSSR count). The van der Waals surface area contributed by atoms with Crippen LogP contribution in [0.25, 0.3) is 0 Å². The lowest BCUT2D eigenvalue weighted by atomic mass is 9.97. The van der Waals surface area contributed by atoms with Gasteiger partial charge in [-0.3, -0.25) is 0 Å². The second-order valence-electron chi connectivity index (χ2n) is 4.56. The molecule has 0 aliphatic heterocycles. The number of allylic oxidation sites excluding steroid dienone is 1. The summed E-state index contributed by atoms with van der Waals surface area (Å²) in [4.78, 5) is 0. The van der Waals surface area contributed by atoms with E-state index in [1.807, 2.05) is 6.07 Å². The highest BCUT2D eigenvalue weighted by Gasteiger charge is 2.04. The van der Waals surface area contributed by atoms with E-state index in [9.17, 15) is 0 Å². The number of nitrogens with one attached hydrogen (secondary N) is 1. The molecule has 0 saturated heterocycles. The second-order valence-corrected chi connectivity index (χ2v) is 4.56. The lowest BCUT2D eigenvalue weighted by Gasteiger charge is -2.12. The van der Waals surface area contributed by atoms with Gasteiger partial charge in [-0.2, -0.15) is 0 Å². The van der Waals surface area contributed by atoms with E-state index >= 15 is 0 Å². The molecule has 1 aromatic rings. The summed E-state index contributed by atoms with van der Waals surface area (Å²) in [6.07, 6.45) is 10.7. The number of hydrogen-bond donors (Lipinski definition) is 1. The fourth-order valence-electron chi connectivity index (χ4n) is 2.17. The van der Waals surface area contributed by atoms with E-state index < -0.39 is 0 Å². The first-order valence-corrected chi connectivity index (χ1v) is 6.28. The van der Waals surface area contributed by atoms with Gasteiger partial charge in [0.2, 0.25) is 0 Å². The third kappa shape index (κ3) is 3.24. The Hall–Kier alpha value is -1.02. The SMILES string of the molecule is Cc1ccoc1CNCCC1=CCCCC1. The fourth-order valence-corrected chi connectivity index (χ4v) is 2.17. The standard InChI is InChI=1S/C14H21NO/c1-12-8-10-16-14(12)11-15-9-7-13-5-3-2-4-6-13/h5,8,10,15H,2-4,6-7,9,11H2,1H3. The van der Waals surface area contributed by atoms with Crippen molar-refractivity contribution in [3.05, 3.63) is 35.3 Å². The molecule has 2 nitrogen and oxygen atoms in total. The predicted octanol–water partition coefficient (Wildman–Crippen LogP) is 3.57. The maximum Gasteiger partial charge on any atom is 0.120 e. The van der Waals surface area contributed by atoms with Crippen LogP contribution in [-0.4, -0.2) is 6.54 Å². The summed E-state index contributed by atoms with van der Waals surface area (Å²) >= 11 is 0. The van der Waals surface area contributed by atoms with Crippen molar-refractivity contribution < 1.29 is 4.42 Å². The maximum atomic E-state index is 5.38. The van der Waals surface area contributed by atoms with Gasteiger partial charge in [-0.1, -0.05) is 11.6 Å². The van der Waals surface area contributed by atoms with E-state index in [-0.39, 0.29) is 0 Å². The smallest absolute Gasteiger partial charge is 0.120 e. The molecule has 0 amide bonds. The van der Waals surface area contributed by atoms with Crippen LogP contribution in [0.1, 0.15) is 43.4 Å². The van der Waals surface area contributed by atoms with Crippen LogP contribution in [0.2, 0.25) is 0 Å². The topological polar surface area (TPSA) is 25.2 Å². The quantitative estimate of drug-likeness (QED) is 0.605. The van der Waals surface area contributed by atoms with Crippen LogP contribution in [0.5, 0.6) is 0 Å². The van der Waals surface area contributed by atoms with Gasteiger partial charge in [-0.15, -0.1) is 0 Å². The summed E-state index contributed by atoms with van der Waals surface area (Å²) in [6, 6.07) is 2.01. The van der Waals surface area contributed by atoms with Crippen molar-refractivity contribution in [1.82, 2.24) is 5.32 Å². The molecule has 0 saturated carbocycles. The van der Waals surface area contributed by atoms with E-state index in [1.165, 1.54) is 37.7 Å². The van der Waals surface area contributed by atoms with Gasteiger partial charge < -0.3 is 9.73 Å². The monoisotopic (exact) mass is 219 g/mol. The van der Waals surface area contributed by atoms with Crippen LogP contribution in [0.3, 0.4) is 0 Å². The Morgan fingerprint density at radius 1 is 1.38 bits per heavy atom. The summed E-state index contributed by atoms with van der Waals surface area (Å²) < 4.78 is 5.38. The zero-order valence-corrected chi connectivity index (χ0v) is 10.1. The fraction of sp³-hybridized carbons (Fsp3) is 0.571. The molecule has 0 bridgehead atoms. The van der Waals surface area contributed by atoms with Gasteiger partial charge in [-0.05, 0) is 57.2 Å². The highest BCUT2D eigenvalue weighted by Crippen LogP contribution is 2.19. The minimum absolute atomic E-state index is 0.853. The maximum absolute atomic E-state index is 5.38. The largest absolute Gasteiger partial charge is 0.468 e. The normalized spacial score (nSPS) is 16.2. The minimum Gasteiger partial charge on any atom is -0.468 e. The van der Waals surface area contributed by atoms with Crippen molar-refractivity contribution in [2.24, 2.45) is 0 Å². The molecule has 0 unspecified atom stereocenters. The third-order valence-electron chi connectivity index (χ3n) is 3.26. The average molecular weight is 219 g/mol. The molecule has 0 aromatic carbocycles. The predicted molar refractivity (Wildman–Crippen MR) is 66.3 cm³/mol. The molecule has 1 N–H and O–H groups in total. The van der Waals surface area contributed by atoms with E-state index in [4.69, 9.17) is 4.42 Å². The number of rotatable bonds is 5. The summed E-state index contributed by atoms with van der Waals surface area (Å²) in [5, 5.41) is 3.44. The average Bonchev–Trinajstić information content (AvgIpc) is 2.72. The molecule has 0 atom stereocenters. The first-order valence-electron chi connectivity index (χ1n) is 6.28. The highest BCUT2D eigenvalue weighted by molar-refractivity contribution is 5.14. The molecule has 16 heavy (non-hydrogen) atoms. The van der Waals surface area contributed by atoms with Crippen LogP contribution in [-0.2, 0) is 6.54 Å². The Labute approximate surface area is 97.7 Å². The molecule has 1 aromatic heterocycles. The van der Waals surface area contributed by atoms with Gasteiger partial charge in [0.25, 0.3) is 0 Å². The summed E-state index contributed by atoms with van der Waals surface area (Å²) in [5.41, 5.74) is 2.87. The Balaban J connectivity index is 1.65. The molecule has 2 heteroatoms. The molecular formula is C14H21NO. The van der Waals surface area contributed by atoms with Gasteiger partial charge >= 0.3 is 0 Å². The van der Waals surface area contributed by atoms with Crippen LogP contribution >= 0.6 is 0 Å². The van der Waals surface area contributed by atoms with E-state index in [1.54, 1.807) is 11.8 Å². The van der Waals surface area contributed by atoms with Crippen molar-refractivity contribution in [3.8, 4) is 0 Å². The number of hydrogen-bond acceptors (Lipinski definition) is 2. The molecule has 88 valence electrons. The third-order valence-corrected chi connectivity index (χ3v) is 3.26. The van der Waals surface area contributed by atoms with Gasteiger partial charge in [0.05, 0.1) is 12.8 Å². The number of furan rings is 1. The molecule has 1 heterocycles. The van der Waals surface area contributed by atoms with Gasteiger partial charge in [0, 0.05) is 0 Å². The van der Waals surface area contributed by atoms with Crippen LogP contribution in [0.4, 0.5) is 0 Å². The minimum atomic E-state index is 0.853. The second kappa shape index (κ2) is 5.90. The summed E-state index contributed by atoms with van der Waals surface area (Å²) in [7, 11) is 0. The first-order chi connectivity index (χ1) is 7.86. The van der Waals surface area contributed by atoms with Crippen molar-refractivity contribution in [1.29, 1.82) is 0 Å². The Morgan fingerprint density at radius 3 is 3.00 bits per heavy atom. The van der Waals surface area contributed by atoms with E-state index in [0.717, 1.165) is 18.8 Å². The molecule has 0 fully saturated rings. The van der Waals surface area contributed by atoms with Crippen molar-refractivity contribution >= 4 is 0 Å².